The summed E-state index contributed by atoms with van der Waals surface area (Å²) in [5, 5.41) is 0.605. The van der Waals surface area contributed by atoms with Crippen LogP contribution in [-0.4, -0.2) is 52.4 Å². The van der Waals surface area contributed by atoms with Crippen LogP contribution in [0.4, 0.5) is 0 Å². The number of aryl methyl sites for hydroxylation is 1. The molecule has 6 heteroatoms. The van der Waals surface area contributed by atoms with Crippen molar-refractivity contribution < 1.29 is 9.59 Å². The van der Waals surface area contributed by atoms with E-state index in [9.17, 15) is 14.4 Å². The van der Waals surface area contributed by atoms with Crippen LogP contribution in [0.5, 0.6) is 0 Å². The highest BCUT2D eigenvalue weighted by Crippen LogP contribution is 2.19. The van der Waals surface area contributed by atoms with Crippen molar-refractivity contribution in [1.82, 2.24) is 14.4 Å². The molecule has 1 aliphatic rings. The predicted molar refractivity (Wildman–Crippen MR) is 106 cm³/mol. The van der Waals surface area contributed by atoms with Gasteiger partial charge >= 0.3 is 0 Å². The summed E-state index contributed by atoms with van der Waals surface area (Å²) in [4.78, 5) is 41.4. The van der Waals surface area contributed by atoms with E-state index in [1.165, 1.54) is 0 Å². The smallest absolute Gasteiger partial charge is 0.245 e. The third-order valence-electron chi connectivity index (χ3n) is 5.38. The first-order chi connectivity index (χ1) is 12.9. The van der Waals surface area contributed by atoms with Gasteiger partial charge in [-0.25, -0.2) is 0 Å². The molecular weight excluding hydrogens is 342 g/mol. The normalized spacial score (nSPS) is 17.6. The van der Waals surface area contributed by atoms with Gasteiger partial charge in [0.25, 0.3) is 0 Å². The summed E-state index contributed by atoms with van der Waals surface area (Å²) >= 11 is 0. The molecule has 0 saturated carbocycles. The number of amides is 2. The number of likely N-dealkylation sites (N-methyl/N-ethyl adjacent to an activating group) is 1. The third kappa shape index (κ3) is 3.75. The lowest BCUT2D eigenvalue weighted by Crippen LogP contribution is -2.58. The largest absolute Gasteiger partial charge is 0.342 e. The maximum Gasteiger partial charge on any atom is 0.245 e. The van der Waals surface area contributed by atoms with Gasteiger partial charge in [-0.2, -0.15) is 0 Å². The SMILES string of the molecule is CCCCC1C(=O)N(C)CCN1C(=O)Cn1c(C)cc(=O)c2ccccc21. The molecule has 1 aliphatic heterocycles. The molecule has 2 amide bonds. The van der Waals surface area contributed by atoms with Crippen LogP contribution < -0.4 is 5.43 Å². The van der Waals surface area contributed by atoms with Gasteiger partial charge in [0.15, 0.2) is 5.43 Å². The Morgan fingerprint density at radius 1 is 1.19 bits per heavy atom. The number of para-hydroxylation sites is 1. The zero-order valence-electron chi connectivity index (χ0n) is 16.3. The fourth-order valence-corrected chi connectivity index (χ4v) is 3.78. The number of hydrogen-bond donors (Lipinski definition) is 0. The molecule has 1 aromatic carbocycles. The van der Waals surface area contributed by atoms with Crippen molar-refractivity contribution in [3.05, 3.63) is 46.2 Å². The maximum absolute atomic E-state index is 13.1. The van der Waals surface area contributed by atoms with Crippen LogP contribution in [0.25, 0.3) is 10.9 Å². The van der Waals surface area contributed by atoms with Gasteiger partial charge in [-0.1, -0.05) is 31.9 Å². The Labute approximate surface area is 159 Å². The number of benzene rings is 1. The van der Waals surface area contributed by atoms with Crippen LogP contribution >= 0.6 is 0 Å². The molecule has 27 heavy (non-hydrogen) atoms. The van der Waals surface area contributed by atoms with Crippen molar-refractivity contribution in [3.63, 3.8) is 0 Å². The summed E-state index contributed by atoms with van der Waals surface area (Å²) in [5.41, 5.74) is 1.46. The van der Waals surface area contributed by atoms with Gasteiger partial charge in [0.1, 0.15) is 12.6 Å². The van der Waals surface area contributed by atoms with Crippen molar-refractivity contribution in [3.8, 4) is 0 Å². The average molecular weight is 369 g/mol. The number of carbonyl (C=O) groups is 2. The summed E-state index contributed by atoms with van der Waals surface area (Å²) < 4.78 is 1.87. The summed E-state index contributed by atoms with van der Waals surface area (Å²) in [6, 6.07) is 8.51. The van der Waals surface area contributed by atoms with E-state index >= 15 is 0 Å². The molecule has 3 rings (SSSR count). The quantitative estimate of drug-likeness (QED) is 0.811. The van der Waals surface area contributed by atoms with Crippen LogP contribution in [0.3, 0.4) is 0 Å². The van der Waals surface area contributed by atoms with Crippen molar-refractivity contribution in [2.75, 3.05) is 20.1 Å². The second kappa shape index (κ2) is 7.94. The molecule has 1 saturated heterocycles. The number of piperazine rings is 1. The lowest BCUT2D eigenvalue weighted by atomic mass is 10.0. The van der Waals surface area contributed by atoms with Gasteiger partial charge in [-0.05, 0) is 25.5 Å². The zero-order chi connectivity index (χ0) is 19.6. The minimum absolute atomic E-state index is 0.0181. The first kappa shape index (κ1) is 19.1. The molecule has 2 heterocycles. The molecule has 0 bridgehead atoms. The number of fused-ring (bicyclic) bond motifs is 1. The minimum Gasteiger partial charge on any atom is -0.342 e. The average Bonchev–Trinajstić information content (AvgIpc) is 2.66. The van der Waals surface area contributed by atoms with Gasteiger partial charge < -0.3 is 14.4 Å². The van der Waals surface area contributed by atoms with Crippen molar-refractivity contribution in [1.29, 1.82) is 0 Å². The Morgan fingerprint density at radius 3 is 2.67 bits per heavy atom. The van der Waals surface area contributed by atoms with Crippen LogP contribution in [0.2, 0.25) is 0 Å². The lowest BCUT2D eigenvalue weighted by molar-refractivity contribution is -0.151. The van der Waals surface area contributed by atoms with E-state index in [-0.39, 0.29) is 29.8 Å². The fraction of sp³-hybridized carbons (Fsp3) is 0.476. The Bertz CT molecular complexity index is 919. The monoisotopic (exact) mass is 369 g/mol. The lowest BCUT2D eigenvalue weighted by Gasteiger charge is -2.39. The second-order valence-electron chi connectivity index (χ2n) is 7.26. The first-order valence-electron chi connectivity index (χ1n) is 9.57. The molecule has 6 nitrogen and oxygen atoms in total. The van der Waals surface area contributed by atoms with E-state index in [1.807, 2.05) is 29.7 Å². The van der Waals surface area contributed by atoms with E-state index in [1.54, 1.807) is 29.0 Å². The standard InChI is InChI=1S/C21H27N3O3/c1-4-5-9-18-21(27)22(3)11-12-23(18)20(26)14-24-15(2)13-19(25)16-8-6-7-10-17(16)24/h6-8,10,13,18H,4-5,9,11-12,14H2,1-3H3. The van der Waals surface area contributed by atoms with Crippen molar-refractivity contribution >= 4 is 22.7 Å². The third-order valence-corrected chi connectivity index (χ3v) is 5.38. The maximum atomic E-state index is 13.1. The van der Waals surface area contributed by atoms with Crippen LogP contribution in [0, 0.1) is 6.92 Å². The topological polar surface area (TPSA) is 62.6 Å². The van der Waals surface area contributed by atoms with Crippen LogP contribution in [0.1, 0.15) is 31.9 Å². The van der Waals surface area contributed by atoms with Crippen molar-refractivity contribution in [2.45, 2.75) is 45.7 Å². The Hall–Kier alpha value is -2.63. The summed E-state index contributed by atoms with van der Waals surface area (Å²) in [7, 11) is 1.79. The van der Waals surface area contributed by atoms with Crippen molar-refractivity contribution in [2.24, 2.45) is 0 Å². The highest BCUT2D eigenvalue weighted by atomic mass is 16.2. The molecule has 1 fully saturated rings. The zero-order valence-corrected chi connectivity index (χ0v) is 16.3. The molecule has 0 spiro atoms. The summed E-state index contributed by atoms with van der Waals surface area (Å²) in [5.74, 6) is -0.0565. The number of aromatic nitrogens is 1. The molecular formula is C21H27N3O3. The predicted octanol–water partition coefficient (Wildman–Crippen LogP) is 2.17. The van der Waals surface area contributed by atoms with Gasteiger partial charge in [0.05, 0.1) is 5.52 Å². The first-order valence-corrected chi connectivity index (χ1v) is 9.57. The molecule has 0 N–H and O–H groups in total. The van der Waals surface area contributed by atoms with Gasteiger partial charge in [-0.3, -0.25) is 14.4 Å². The van der Waals surface area contributed by atoms with E-state index in [0.717, 1.165) is 24.1 Å². The molecule has 0 radical (unpaired) electrons. The number of carbonyl (C=O) groups excluding carboxylic acids is 2. The molecule has 1 unspecified atom stereocenters. The fourth-order valence-electron chi connectivity index (χ4n) is 3.78. The van der Waals surface area contributed by atoms with E-state index in [2.05, 4.69) is 6.92 Å². The van der Waals surface area contributed by atoms with E-state index in [0.29, 0.717) is 24.9 Å². The molecule has 1 atom stereocenters. The van der Waals surface area contributed by atoms with Gasteiger partial charge in [-0.15, -0.1) is 0 Å². The number of rotatable bonds is 5. The highest BCUT2D eigenvalue weighted by Gasteiger charge is 2.35. The number of pyridine rings is 1. The Morgan fingerprint density at radius 2 is 1.93 bits per heavy atom. The van der Waals surface area contributed by atoms with Crippen LogP contribution in [0.15, 0.2) is 35.1 Å². The Kier molecular flexibility index (Phi) is 5.63. The summed E-state index contributed by atoms with van der Waals surface area (Å²) in [6.07, 6.45) is 2.59. The van der Waals surface area contributed by atoms with Crippen LogP contribution in [-0.2, 0) is 16.1 Å². The number of nitrogens with zero attached hydrogens (tertiary/aromatic N) is 3. The second-order valence-corrected chi connectivity index (χ2v) is 7.26. The Balaban J connectivity index is 1.91. The number of unbranched alkanes of at least 4 members (excludes halogenated alkanes) is 1. The van der Waals surface area contributed by atoms with E-state index < -0.39 is 0 Å². The highest BCUT2D eigenvalue weighted by molar-refractivity contribution is 5.89. The molecule has 0 aliphatic carbocycles. The van der Waals surface area contributed by atoms with Gasteiger partial charge in [0.2, 0.25) is 11.8 Å². The number of hydrogen-bond acceptors (Lipinski definition) is 3. The minimum atomic E-state index is -0.387. The molecule has 2 aromatic rings. The molecule has 1 aromatic heterocycles. The van der Waals surface area contributed by atoms with E-state index in [4.69, 9.17) is 0 Å². The summed E-state index contributed by atoms with van der Waals surface area (Å²) in [6.45, 7) is 5.15. The molecule has 144 valence electrons. The van der Waals surface area contributed by atoms with Gasteiger partial charge in [0, 0.05) is 37.3 Å².